The highest BCUT2D eigenvalue weighted by Gasteiger charge is 2.10. The normalized spacial score (nSPS) is 10.2. The van der Waals surface area contributed by atoms with E-state index in [0.717, 1.165) is 0 Å². The van der Waals surface area contributed by atoms with E-state index in [9.17, 15) is 4.79 Å². The first-order valence-corrected chi connectivity index (χ1v) is 4.10. The minimum atomic E-state index is -1.04. The highest BCUT2D eigenvalue weighted by atomic mass is 16.4. The highest BCUT2D eigenvalue weighted by Crippen LogP contribution is 2.06. The summed E-state index contributed by atoms with van der Waals surface area (Å²) in [6, 6.07) is 0. The fourth-order valence-corrected chi connectivity index (χ4v) is 1.09. The van der Waals surface area contributed by atoms with Crippen molar-refractivity contribution in [2.75, 3.05) is 0 Å². The molecule has 2 aromatic heterocycles. The highest BCUT2D eigenvalue weighted by molar-refractivity contribution is 5.88. The molecule has 7 heteroatoms. The largest absolute Gasteiger partial charge is 0.478 e. The van der Waals surface area contributed by atoms with Gasteiger partial charge in [0.2, 0.25) is 5.95 Å². The van der Waals surface area contributed by atoms with E-state index in [1.54, 1.807) is 6.92 Å². The first-order chi connectivity index (χ1) is 7.18. The topological polar surface area (TPSA) is 93.8 Å². The molecule has 76 valence electrons. The molecule has 0 radical (unpaired) electrons. The minimum absolute atomic E-state index is 0.0897. The Morgan fingerprint density at radius 1 is 1.40 bits per heavy atom. The molecule has 0 spiro atoms. The third-order valence-corrected chi connectivity index (χ3v) is 1.85. The predicted molar refractivity (Wildman–Crippen MR) is 48.6 cm³/mol. The molecule has 0 atom stereocenters. The van der Waals surface area contributed by atoms with Crippen molar-refractivity contribution in [3.63, 3.8) is 0 Å². The van der Waals surface area contributed by atoms with Crippen LogP contribution in [0.4, 0.5) is 0 Å². The van der Waals surface area contributed by atoms with Crippen LogP contribution in [0.15, 0.2) is 18.9 Å². The molecule has 15 heavy (non-hydrogen) atoms. The van der Waals surface area contributed by atoms with Crippen molar-refractivity contribution in [3.8, 4) is 5.95 Å². The number of aryl methyl sites for hydroxylation is 1. The third-order valence-electron chi connectivity index (χ3n) is 1.85. The molecule has 0 aliphatic carbocycles. The fraction of sp³-hybridized carbons (Fsp3) is 0.125. The molecule has 0 fully saturated rings. The molecule has 7 nitrogen and oxygen atoms in total. The SMILES string of the molecule is Cc1nc(-n2cnnc2)ncc1C(=O)O. The summed E-state index contributed by atoms with van der Waals surface area (Å²) >= 11 is 0. The van der Waals surface area contributed by atoms with Gasteiger partial charge >= 0.3 is 5.97 Å². The van der Waals surface area contributed by atoms with E-state index in [1.807, 2.05) is 0 Å². The Labute approximate surface area is 84.4 Å². The van der Waals surface area contributed by atoms with Crippen LogP contribution in [0.5, 0.6) is 0 Å². The van der Waals surface area contributed by atoms with Gasteiger partial charge in [-0.25, -0.2) is 14.8 Å². The summed E-state index contributed by atoms with van der Waals surface area (Å²) in [7, 11) is 0. The number of carboxylic acid groups (broad SMARTS) is 1. The van der Waals surface area contributed by atoms with Gasteiger partial charge in [0.25, 0.3) is 0 Å². The Kier molecular flexibility index (Phi) is 2.13. The number of nitrogens with zero attached hydrogens (tertiary/aromatic N) is 5. The van der Waals surface area contributed by atoms with Gasteiger partial charge in [0.15, 0.2) is 0 Å². The van der Waals surface area contributed by atoms with E-state index in [2.05, 4.69) is 20.2 Å². The van der Waals surface area contributed by atoms with Crippen molar-refractivity contribution in [1.29, 1.82) is 0 Å². The van der Waals surface area contributed by atoms with Gasteiger partial charge in [0.05, 0.1) is 11.3 Å². The number of carboxylic acids is 1. The number of aromatic nitrogens is 5. The molecule has 1 N–H and O–H groups in total. The molecule has 0 bridgehead atoms. The van der Waals surface area contributed by atoms with Crippen molar-refractivity contribution in [2.24, 2.45) is 0 Å². The van der Waals surface area contributed by atoms with Crippen LogP contribution in [-0.4, -0.2) is 35.8 Å². The van der Waals surface area contributed by atoms with Gasteiger partial charge in [0.1, 0.15) is 12.7 Å². The number of rotatable bonds is 2. The predicted octanol–water partition coefficient (Wildman–Crippen LogP) is 0.0639. The van der Waals surface area contributed by atoms with Crippen molar-refractivity contribution < 1.29 is 9.90 Å². The zero-order valence-electron chi connectivity index (χ0n) is 7.82. The Balaban J connectivity index is 2.47. The van der Waals surface area contributed by atoms with Crippen LogP contribution in [0, 0.1) is 6.92 Å². The molecule has 0 saturated heterocycles. The maximum atomic E-state index is 10.7. The van der Waals surface area contributed by atoms with Crippen molar-refractivity contribution in [3.05, 3.63) is 30.1 Å². The number of carbonyl (C=O) groups is 1. The Morgan fingerprint density at radius 2 is 2.07 bits per heavy atom. The third kappa shape index (κ3) is 1.66. The van der Waals surface area contributed by atoms with Crippen molar-refractivity contribution in [2.45, 2.75) is 6.92 Å². The maximum absolute atomic E-state index is 10.7. The lowest BCUT2D eigenvalue weighted by Gasteiger charge is -2.02. The lowest BCUT2D eigenvalue weighted by Crippen LogP contribution is -2.07. The van der Waals surface area contributed by atoms with Crippen molar-refractivity contribution >= 4 is 5.97 Å². The molecule has 2 heterocycles. The Morgan fingerprint density at radius 3 is 2.60 bits per heavy atom. The van der Waals surface area contributed by atoms with Gasteiger partial charge in [-0.1, -0.05) is 0 Å². The standard InChI is InChI=1S/C8H7N5O2/c1-5-6(7(14)15)2-9-8(12-5)13-3-10-11-4-13/h2-4H,1H3,(H,14,15). The summed E-state index contributed by atoms with van der Waals surface area (Å²) in [6.45, 7) is 1.61. The summed E-state index contributed by atoms with van der Waals surface area (Å²) in [5.74, 6) is -0.690. The fourth-order valence-electron chi connectivity index (χ4n) is 1.09. The second kappa shape index (κ2) is 3.45. The van der Waals surface area contributed by atoms with Crippen LogP contribution < -0.4 is 0 Å². The summed E-state index contributed by atoms with van der Waals surface area (Å²) in [5.41, 5.74) is 0.494. The van der Waals surface area contributed by atoms with E-state index < -0.39 is 5.97 Å². The summed E-state index contributed by atoms with van der Waals surface area (Å²) in [6.07, 6.45) is 4.14. The van der Waals surface area contributed by atoms with Gasteiger partial charge in [-0.3, -0.25) is 4.57 Å². The van der Waals surface area contributed by atoms with Gasteiger partial charge in [-0.15, -0.1) is 10.2 Å². The Hall–Kier alpha value is -2.31. The number of aromatic carboxylic acids is 1. The van der Waals surface area contributed by atoms with Crippen LogP contribution in [0.25, 0.3) is 5.95 Å². The molecule has 0 aromatic carbocycles. The second-order valence-corrected chi connectivity index (χ2v) is 2.84. The van der Waals surface area contributed by atoms with Crippen LogP contribution in [0.3, 0.4) is 0 Å². The molecule has 0 aliphatic rings. The minimum Gasteiger partial charge on any atom is -0.478 e. The molecule has 2 aromatic rings. The van der Waals surface area contributed by atoms with E-state index in [0.29, 0.717) is 11.6 Å². The van der Waals surface area contributed by atoms with Crippen LogP contribution in [0.2, 0.25) is 0 Å². The van der Waals surface area contributed by atoms with E-state index in [4.69, 9.17) is 5.11 Å². The molecule has 0 aliphatic heterocycles. The monoisotopic (exact) mass is 205 g/mol. The molecular formula is C8H7N5O2. The van der Waals surface area contributed by atoms with Gasteiger partial charge in [0, 0.05) is 6.20 Å². The maximum Gasteiger partial charge on any atom is 0.339 e. The zero-order chi connectivity index (χ0) is 10.8. The number of hydrogen-bond acceptors (Lipinski definition) is 5. The summed E-state index contributed by atoms with van der Waals surface area (Å²) in [4.78, 5) is 18.6. The molecule has 2 rings (SSSR count). The van der Waals surface area contributed by atoms with Gasteiger partial charge in [-0.05, 0) is 6.92 Å². The van der Waals surface area contributed by atoms with Crippen LogP contribution >= 0.6 is 0 Å². The van der Waals surface area contributed by atoms with E-state index in [-0.39, 0.29) is 5.56 Å². The molecule has 0 amide bonds. The molecular weight excluding hydrogens is 198 g/mol. The second-order valence-electron chi connectivity index (χ2n) is 2.84. The first-order valence-electron chi connectivity index (χ1n) is 4.10. The molecule has 0 unspecified atom stereocenters. The lowest BCUT2D eigenvalue weighted by atomic mass is 10.2. The van der Waals surface area contributed by atoms with Crippen LogP contribution in [-0.2, 0) is 0 Å². The smallest absolute Gasteiger partial charge is 0.339 e. The average molecular weight is 205 g/mol. The van der Waals surface area contributed by atoms with E-state index >= 15 is 0 Å². The van der Waals surface area contributed by atoms with Crippen molar-refractivity contribution in [1.82, 2.24) is 24.7 Å². The first kappa shape index (κ1) is 9.25. The zero-order valence-corrected chi connectivity index (χ0v) is 7.82. The summed E-state index contributed by atoms with van der Waals surface area (Å²) < 4.78 is 1.50. The van der Waals surface area contributed by atoms with Gasteiger partial charge < -0.3 is 5.11 Å². The quantitative estimate of drug-likeness (QED) is 0.745. The van der Waals surface area contributed by atoms with E-state index in [1.165, 1.54) is 23.4 Å². The summed E-state index contributed by atoms with van der Waals surface area (Å²) in [5, 5.41) is 16.0. The van der Waals surface area contributed by atoms with Crippen LogP contribution in [0.1, 0.15) is 16.1 Å². The average Bonchev–Trinajstić information content (AvgIpc) is 2.69. The lowest BCUT2D eigenvalue weighted by molar-refractivity contribution is 0.0695. The van der Waals surface area contributed by atoms with Gasteiger partial charge in [-0.2, -0.15) is 0 Å². The number of hydrogen-bond donors (Lipinski definition) is 1. The Bertz CT molecular complexity index is 494. The molecule has 0 saturated carbocycles.